The van der Waals surface area contributed by atoms with Gasteiger partial charge in [-0.1, -0.05) is 18.2 Å². The van der Waals surface area contributed by atoms with E-state index in [0.29, 0.717) is 12.0 Å². The Bertz CT molecular complexity index is 479. The molecule has 0 aromatic heterocycles. The molecule has 1 aromatic carbocycles. The van der Waals surface area contributed by atoms with Gasteiger partial charge in [0, 0.05) is 6.04 Å². The minimum absolute atomic E-state index is 0.0681. The summed E-state index contributed by atoms with van der Waals surface area (Å²) < 4.78 is 5.44. The average molecular weight is 259 g/mol. The van der Waals surface area contributed by atoms with E-state index in [0.717, 1.165) is 18.5 Å². The highest BCUT2D eigenvalue weighted by molar-refractivity contribution is 5.90. The standard InChI is InChI=1S/C16H21NO2/c1-11(2)19-16(18)17-14-6-4-3-5-12(14)9-10-15(17)13-7-8-13/h3-6,11,13,15H,7-10H2,1-2H3. The van der Waals surface area contributed by atoms with E-state index in [1.165, 1.54) is 18.4 Å². The minimum Gasteiger partial charge on any atom is -0.446 e. The van der Waals surface area contributed by atoms with Crippen molar-refractivity contribution in [1.82, 2.24) is 0 Å². The second-order valence-electron chi connectivity index (χ2n) is 5.87. The predicted molar refractivity (Wildman–Crippen MR) is 75.4 cm³/mol. The van der Waals surface area contributed by atoms with Crippen molar-refractivity contribution in [3.8, 4) is 0 Å². The van der Waals surface area contributed by atoms with Crippen LogP contribution in [0.25, 0.3) is 0 Å². The topological polar surface area (TPSA) is 29.5 Å². The smallest absolute Gasteiger partial charge is 0.414 e. The molecule has 0 bridgehead atoms. The van der Waals surface area contributed by atoms with E-state index in [-0.39, 0.29) is 12.2 Å². The first-order valence-corrected chi connectivity index (χ1v) is 7.24. The zero-order chi connectivity index (χ0) is 13.4. The van der Waals surface area contributed by atoms with E-state index < -0.39 is 0 Å². The highest BCUT2D eigenvalue weighted by Gasteiger charge is 2.41. The van der Waals surface area contributed by atoms with Crippen LogP contribution in [0.5, 0.6) is 0 Å². The van der Waals surface area contributed by atoms with Gasteiger partial charge in [0.15, 0.2) is 0 Å². The third kappa shape index (κ3) is 2.46. The first-order chi connectivity index (χ1) is 9.16. The number of hydrogen-bond donors (Lipinski definition) is 0. The molecule has 1 fully saturated rings. The Kier molecular flexibility index (Phi) is 3.21. The number of amides is 1. The molecule has 3 rings (SSSR count). The summed E-state index contributed by atoms with van der Waals surface area (Å²) in [5.74, 6) is 0.674. The van der Waals surface area contributed by atoms with Gasteiger partial charge in [-0.3, -0.25) is 4.90 Å². The van der Waals surface area contributed by atoms with Crippen molar-refractivity contribution < 1.29 is 9.53 Å². The molecule has 19 heavy (non-hydrogen) atoms. The summed E-state index contributed by atoms with van der Waals surface area (Å²) in [6.07, 6.45) is 4.38. The first kappa shape index (κ1) is 12.5. The van der Waals surface area contributed by atoms with Gasteiger partial charge in [-0.25, -0.2) is 4.79 Å². The van der Waals surface area contributed by atoms with Crippen LogP contribution in [-0.4, -0.2) is 18.2 Å². The van der Waals surface area contributed by atoms with E-state index in [1.807, 2.05) is 36.9 Å². The number of anilines is 1. The molecular weight excluding hydrogens is 238 g/mol. The lowest BCUT2D eigenvalue weighted by Crippen LogP contribution is -2.46. The fourth-order valence-electron chi connectivity index (χ4n) is 2.99. The number of para-hydroxylation sites is 1. The van der Waals surface area contributed by atoms with Gasteiger partial charge < -0.3 is 4.74 Å². The number of nitrogens with zero attached hydrogens (tertiary/aromatic N) is 1. The molecule has 1 heterocycles. The SMILES string of the molecule is CC(C)OC(=O)N1c2ccccc2CCC1C1CC1. The number of hydrogen-bond acceptors (Lipinski definition) is 2. The quantitative estimate of drug-likeness (QED) is 0.809. The van der Waals surface area contributed by atoms with Gasteiger partial charge in [0.05, 0.1) is 11.8 Å². The minimum atomic E-state index is -0.181. The summed E-state index contributed by atoms with van der Waals surface area (Å²) >= 11 is 0. The van der Waals surface area contributed by atoms with E-state index in [9.17, 15) is 4.79 Å². The van der Waals surface area contributed by atoms with Crippen LogP contribution in [0.1, 0.15) is 38.7 Å². The first-order valence-electron chi connectivity index (χ1n) is 7.24. The Morgan fingerprint density at radius 2 is 2.00 bits per heavy atom. The van der Waals surface area contributed by atoms with E-state index >= 15 is 0 Å². The average Bonchev–Trinajstić information content (AvgIpc) is 3.20. The van der Waals surface area contributed by atoms with Crippen LogP contribution in [0.3, 0.4) is 0 Å². The lowest BCUT2D eigenvalue weighted by Gasteiger charge is -2.37. The molecule has 1 amide bonds. The second kappa shape index (κ2) is 4.87. The maximum Gasteiger partial charge on any atom is 0.414 e. The highest BCUT2D eigenvalue weighted by Crippen LogP contribution is 2.43. The van der Waals surface area contributed by atoms with Crippen molar-refractivity contribution in [2.45, 2.75) is 51.7 Å². The fraction of sp³-hybridized carbons (Fsp3) is 0.562. The molecule has 1 aliphatic carbocycles. The Hall–Kier alpha value is -1.51. The monoisotopic (exact) mass is 259 g/mol. The normalized spacial score (nSPS) is 22.3. The third-order valence-electron chi connectivity index (χ3n) is 3.99. The molecular formula is C16H21NO2. The van der Waals surface area contributed by atoms with Crippen molar-refractivity contribution in [2.75, 3.05) is 4.90 Å². The highest BCUT2D eigenvalue weighted by atomic mass is 16.6. The molecule has 1 aromatic rings. The largest absolute Gasteiger partial charge is 0.446 e. The Morgan fingerprint density at radius 1 is 1.26 bits per heavy atom. The van der Waals surface area contributed by atoms with Crippen LogP contribution in [0.15, 0.2) is 24.3 Å². The number of ether oxygens (including phenoxy) is 1. The maximum absolute atomic E-state index is 12.4. The van der Waals surface area contributed by atoms with Gasteiger partial charge in [0.25, 0.3) is 0 Å². The molecule has 1 aliphatic heterocycles. The summed E-state index contributed by atoms with van der Waals surface area (Å²) in [5.41, 5.74) is 2.32. The number of benzene rings is 1. The van der Waals surface area contributed by atoms with E-state index in [4.69, 9.17) is 4.74 Å². The molecule has 2 aliphatic rings. The Morgan fingerprint density at radius 3 is 2.68 bits per heavy atom. The van der Waals surface area contributed by atoms with Crippen LogP contribution in [0.4, 0.5) is 10.5 Å². The maximum atomic E-state index is 12.4. The van der Waals surface area contributed by atoms with Crippen LogP contribution in [0.2, 0.25) is 0 Å². The van der Waals surface area contributed by atoms with E-state index in [1.54, 1.807) is 0 Å². The van der Waals surface area contributed by atoms with Crippen LogP contribution < -0.4 is 4.90 Å². The predicted octanol–water partition coefficient (Wildman–Crippen LogP) is 3.76. The third-order valence-corrected chi connectivity index (χ3v) is 3.99. The summed E-state index contributed by atoms with van der Waals surface area (Å²) in [5, 5.41) is 0. The molecule has 0 spiro atoms. The number of aryl methyl sites for hydroxylation is 1. The molecule has 1 saturated carbocycles. The molecule has 102 valence electrons. The molecule has 0 N–H and O–H groups in total. The van der Waals surface area contributed by atoms with Crippen molar-refractivity contribution in [2.24, 2.45) is 5.92 Å². The van der Waals surface area contributed by atoms with Gasteiger partial charge in [-0.15, -0.1) is 0 Å². The summed E-state index contributed by atoms with van der Waals surface area (Å²) in [7, 11) is 0. The lowest BCUT2D eigenvalue weighted by molar-refractivity contribution is 0.118. The Balaban J connectivity index is 1.92. The van der Waals surface area contributed by atoms with Gasteiger partial charge in [0.2, 0.25) is 0 Å². The number of fused-ring (bicyclic) bond motifs is 1. The van der Waals surface area contributed by atoms with Crippen LogP contribution in [-0.2, 0) is 11.2 Å². The van der Waals surface area contributed by atoms with Crippen molar-refractivity contribution >= 4 is 11.8 Å². The van der Waals surface area contributed by atoms with Crippen molar-refractivity contribution in [3.05, 3.63) is 29.8 Å². The summed E-state index contributed by atoms with van der Waals surface area (Å²) in [6.45, 7) is 3.81. The summed E-state index contributed by atoms with van der Waals surface area (Å²) in [6, 6.07) is 8.55. The molecule has 1 unspecified atom stereocenters. The van der Waals surface area contributed by atoms with Crippen molar-refractivity contribution in [1.29, 1.82) is 0 Å². The van der Waals surface area contributed by atoms with Gasteiger partial charge in [-0.05, 0) is 57.1 Å². The molecule has 0 saturated heterocycles. The van der Waals surface area contributed by atoms with Crippen LogP contribution in [0, 0.1) is 5.92 Å². The molecule has 3 heteroatoms. The molecule has 1 atom stereocenters. The zero-order valence-electron chi connectivity index (χ0n) is 11.6. The number of rotatable bonds is 2. The molecule has 3 nitrogen and oxygen atoms in total. The fourth-order valence-corrected chi connectivity index (χ4v) is 2.99. The Labute approximate surface area is 114 Å². The number of carbonyl (C=O) groups is 1. The lowest BCUT2D eigenvalue weighted by atomic mass is 9.93. The summed E-state index contributed by atoms with van der Waals surface area (Å²) in [4.78, 5) is 14.3. The molecule has 0 radical (unpaired) electrons. The number of carbonyl (C=O) groups excluding carboxylic acids is 1. The van der Waals surface area contributed by atoms with Crippen molar-refractivity contribution in [3.63, 3.8) is 0 Å². The van der Waals surface area contributed by atoms with Gasteiger partial charge >= 0.3 is 6.09 Å². The zero-order valence-corrected chi connectivity index (χ0v) is 11.6. The van der Waals surface area contributed by atoms with Crippen LogP contribution >= 0.6 is 0 Å². The van der Waals surface area contributed by atoms with E-state index in [2.05, 4.69) is 6.07 Å². The second-order valence-corrected chi connectivity index (χ2v) is 5.87. The van der Waals surface area contributed by atoms with Gasteiger partial charge in [-0.2, -0.15) is 0 Å². The van der Waals surface area contributed by atoms with Gasteiger partial charge in [0.1, 0.15) is 0 Å².